The van der Waals surface area contributed by atoms with Crippen molar-refractivity contribution in [3.63, 3.8) is 0 Å². The fourth-order valence-electron chi connectivity index (χ4n) is 5.41. The van der Waals surface area contributed by atoms with E-state index in [4.69, 9.17) is 17.3 Å². The number of carbonyl (C=O) groups excluding carboxylic acids is 1. The van der Waals surface area contributed by atoms with Crippen molar-refractivity contribution in [2.24, 2.45) is 5.73 Å². The molecule has 4 nitrogen and oxygen atoms in total. The van der Waals surface area contributed by atoms with Crippen LogP contribution < -0.4 is 10.6 Å². The topological polar surface area (TPSA) is 70.1 Å². The molecule has 3 aromatic carbocycles. The Morgan fingerprint density at radius 1 is 1.13 bits per heavy atom. The Bertz CT molecular complexity index is 1540. The summed E-state index contributed by atoms with van der Waals surface area (Å²) in [4.78, 5) is 16.6. The summed E-state index contributed by atoms with van der Waals surface area (Å²) in [5.41, 5.74) is 14.0. The largest absolute Gasteiger partial charge is 0.384 e. The minimum Gasteiger partial charge on any atom is -0.384 e. The highest BCUT2D eigenvalue weighted by molar-refractivity contribution is 9.10. The van der Waals surface area contributed by atoms with Crippen LogP contribution in [0.3, 0.4) is 0 Å². The van der Waals surface area contributed by atoms with E-state index in [1.807, 2.05) is 53.4 Å². The van der Waals surface area contributed by atoms with Gasteiger partial charge >= 0.3 is 0 Å². The van der Waals surface area contributed by atoms with Crippen LogP contribution in [0.5, 0.6) is 0 Å². The predicted molar refractivity (Wildman–Crippen MR) is 159 cm³/mol. The number of benzene rings is 3. The Morgan fingerprint density at radius 2 is 1.87 bits per heavy atom. The van der Waals surface area contributed by atoms with Gasteiger partial charge in [0, 0.05) is 37.8 Å². The van der Waals surface area contributed by atoms with Gasteiger partial charge in [0.15, 0.2) is 5.78 Å². The van der Waals surface area contributed by atoms with E-state index >= 15 is 0 Å². The van der Waals surface area contributed by atoms with E-state index in [0.717, 1.165) is 56.0 Å². The molecule has 0 saturated carbocycles. The van der Waals surface area contributed by atoms with Gasteiger partial charge < -0.3 is 5.73 Å². The normalized spacial score (nSPS) is 17.5. The van der Waals surface area contributed by atoms with Crippen molar-refractivity contribution in [1.29, 1.82) is 5.26 Å². The molecule has 0 aromatic heterocycles. The van der Waals surface area contributed by atoms with Crippen molar-refractivity contribution in [3.05, 3.63) is 115 Å². The molecule has 0 saturated heterocycles. The van der Waals surface area contributed by atoms with E-state index in [2.05, 4.69) is 48.0 Å². The number of carbonyl (C=O) groups is 1. The monoisotopic (exact) mass is 603 g/mol. The molecule has 192 valence electrons. The SMILES string of the molecule is Cc1cc(CSc2ccc(Cl)cc2)c(C)c(C2C(C#N)=C(N)N(c3ccccc3Br)C3=C2C(=O)CCC3)c1. The summed E-state index contributed by atoms with van der Waals surface area (Å²) in [5, 5.41) is 11.1. The first-order valence-electron chi connectivity index (χ1n) is 12.5. The van der Waals surface area contributed by atoms with Crippen LogP contribution in [0.4, 0.5) is 5.69 Å². The minimum absolute atomic E-state index is 0.0894. The number of nitriles is 1. The summed E-state index contributed by atoms with van der Waals surface area (Å²) in [6.45, 7) is 4.15. The lowest BCUT2D eigenvalue weighted by atomic mass is 9.73. The van der Waals surface area contributed by atoms with Crippen LogP contribution in [-0.2, 0) is 10.5 Å². The van der Waals surface area contributed by atoms with Gasteiger partial charge in [-0.2, -0.15) is 5.26 Å². The molecule has 1 aliphatic heterocycles. The Balaban J connectivity index is 1.64. The summed E-state index contributed by atoms with van der Waals surface area (Å²) >= 11 is 11.4. The Kier molecular flexibility index (Phi) is 7.72. The molecule has 0 fully saturated rings. The van der Waals surface area contributed by atoms with Gasteiger partial charge in [-0.05, 0) is 95.7 Å². The second kappa shape index (κ2) is 11.0. The zero-order chi connectivity index (χ0) is 27.0. The van der Waals surface area contributed by atoms with Crippen molar-refractivity contribution < 1.29 is 4.79 Å². The fourth-order valence-corrected chi connectivity index (χ4v) is 6.95. The first-order valence-corrected chi connectivity index (χ1v) is 14.6. The molecular formula is C31H27BrClN3OS. The van der Waals surface area contributed by atoms with Gasteiger partial charge in [-0.25, -0.2) is 0 Å². The number of nitrogens with two attached hydrogens (primary N) is 1. The van der Waals surface area contributed by atoms with Crippen LogP contribution in [0.15, 0.2) is 92.7 Å². The van der Waals surface area contributed by atoms with Crippen LogP contribution >= 0.6 is 39.3 Å². The van der Waals surface area contributed by atoms with E-state index in [-0.39, 0.29) is 5.78 Å². The molecule has 0 amide bonds. The molecule has 5 rings (SSSR count). The Morgan fingerprint density at radius 3 is 2.58 bits per heavy atom. The smallest absolute Gasteiger partial charge is 0.161 e. The van der Waals surface area contributed by atoms with Crippen LogP contribution in [0, 0.1) is 25.2 Å². The highest BCUT2D eigenvalue weighted by atomic mass is 79.9. The van der Waals surface area contributed by atoms with Crippen LogP contribution in [0.1, 0.15) is 47.4 Å². The number of Topliss-reactive ketones (excluding diaryl/α,β-unsaturated/α-hetero) is 1. The quantitative estimate of drug-likeness (QED) is 0.297. The highest BCUT2D eigenvalue weighted by Gasteiger charge is 2.41. The zero-order valence-corrected chi connectivity index (χ0v) is 24.4. The molecule has 2 aliphatic rings. The third-order valence-electron chi connectivity index (χ3n) is 7.23. The lowest BCUT2D eigenvalue weighted by Gasteiger charge is -2.40. The lowest BCUT2D eigenvalue weighted by Crippen LogP contribution is -2.39. The maximum absolute atomic E-state index is 13.6. The molecule has 1 atom stereocenters. The van der Waals surface area contributed by atoms with Gasteiger partial charge in [0.05, 0.1) is 23.2 Å². The number of nitrogens with zero attached hydrogens (tertiary/aromatic N) is 2. The molecule has 0 radical (unpaired) electrons. The molecule has 3 aromatic rings. The molecule has 0 bridgehead atoms. The third-order valence-corrected chi connectivity index (χ3v) is 9.21. The van der Waals surface area contributed by atoms with Gasteiger partial charge in [-0.15, -0.1) is 11.8 Å². The van der Waals surface area contributed by atoms with Crippen LogP contribution in [0.25, 0.3) is 0 Å². The number of allylic oxidation sites excluding steroid dienone is 3. The van der Waals surface area contributed by atoms with Crippen molar-refractivity contribution in [3.8, 4) is 6.07 Å². The lowest BCUT2D eigenvalue weighted by molar-refractivity contribution is -0.116. The fraction of sp³-hybridized carbons (Fsp3) is 0.226. The molecular weight excluding hydrogens is 578 g/mol. The molecule has 2 N–H and O–H groups in total. The van der Waals surface area contributed by atoms with Crippen molar-refractivity contribution in [2.75, 3.05) is 4.90 Å². The second-order valence-corrected chi connectivity index (χ2v) is 12.0. The number of thioether (sulfide) groups is 1. The molecule has 1 aliphatic carbocycles. The summed E-state index contributed by atoms with van der Waals surface area (Å²) in [6.07, 6.45) is 1.96. The van der Waals surface area contributed by atoms with Gasteiger partial charge in [-0.1, -0.05) is 41.4 Å². The maximum atomic E-state index is 13.6. The molecule has 7 heteroatoms. The van der Waals surface area contributed by atoms with Crippen molar-refractivity contribution in [2.45, 2.75) is 49.7 Å². The minimum atomic E-state index is -0.485. The molecule has 1 heterocycles. The summed E-state index contributed by atoms with van der Waals surface area (Å²) in [5.74, 6) is 0.752. The Hall–Kier alpha value is -2.98. The van der Waals surface area contributed by atoms with Crippen molar-refractivity contribution >= 4 is 50.8 Å². The number of halogens is 2. The molecule has 0 spiro atoms. The van der Waals surface area contributed by atoms with Gasteiger partial charge in [-0.3, -0.25) is 9.69 Å². The highest BCUT2D eigenvalue weighted by Crippen LogP contribution is 2.48. The summed E-state index contributed by atoms with van der Waals surface area (Å²) in [7, 11) is 0. The zero-order valence-electron chi connectivity index (χ0n) is 21.2. The third kappa shape index (κ3) is 4.91. The van der Waals surface area contributed by atoms with Gasteiger partial charge in [0.1, 0.15) is 5.82 Å². The van der Waals surface area contributed by atoms with Crippen LogP contribution in [-0.4, -0.2) is 5.78 Å². The first-order chi connectivity index (χ1) is 18.3. The number of rotatable bonds is 5. The Labute approximate surface area is 241 Å². The first kappa shape index (κ1) is 26.6. The predicted octanol–water partition coefficient (Wildman–Crippen LogP) is 8.32. The van der Waals surface area contributed by atoms with Gasteiger partial charge in [0.2, 0.25) is 0 Å². The van der Waals surface area contributed by atoms with Gasteiger partial charge in [0.25, 0.3) is 0 Å². The number of anilines is 1. The average molecular weight is 605 g/mol. The van der Waals surface area contributed by atoms with E-state index in [0.29, 0.717) is 28.4 Å². The molecule has 1 unspecified atom stereocenters. The molecule has 38 heavy (non-hydrogen) atoms. The number of hydrogen-bond acceptors (Lipinski definition) is 5. The van der Waals surface area contributed by atoms with E-state index in [9.17, 15) is 10.1 Å². The number of hydrogen-bond donors (Lipinski definition) is 1. The van der Waals surface area contributed by atoms with E-state index < -0.39 is 5.92 Å². The number of para-hydroxylation sites is 1. The average Bonchev–Trinajstić information content (AvgIpc) is 2.90. The number of aryl methyl sites for hydroxylation is 1. The van der Waals surface area contributed by atoms with E-state index in [1.165, 1.54) is 5.56 Å². The summed E-state index contributed by atoms with van der Waals surface area (Å²) < 4.78 is 0.858. The second-order valence-electron chi connectivity index (χ2n) is 9.65. The standard InChI is InChI=1S/C31H27BrClN3OS/c1-18-14-20(17-38-22-12-10-21(33)11-13-22)19(2)23(15-18)29-24(16-34)31(35)36(26-7-4-3-6-25(26)32)27-8-5-9-28(37)30(27)29/h3-4,6-7,10-15,29H,5,8-9,17,35H2,1-2H3. The number of ketones is 1. The summed E-state index contributed by atoms with van der Waals surface area (Å²) in [6, 6.07) is 22.3. The van der Waals surface area contributed by atoms with Crippen molar-refractivity contribution in [1.82, 2.24) is 0 Å². The van der Waals surface area contributed by atoms with Crippen LogP contribution in [0.2, 0.25) is 5.02 Å². The van der Waals surface area contributed by atoms with E-state index in [1.54, 1.807) is 11.8 Å². The maximum Gasteiger partial charge on any atom is 0.161 e.